The van der Waals surface area contributed by atoms with Crippen LogP contribution in [-0.4, -0.2) is 63.3 Å². The number of hydrogen-bond donors (Lipinski definition) is 2. The van der Waals surface area contributed by atoms with E-state index >= 15 is 0 Å². The van der Waals surface area contributed by atoms with Crippen molar-refractivity contribution in [3.05, 3.63) is 0 Å². The van der Waals surface area contributed by atoms with Crippen LogP contribution in [0.3, 0.4) is 0 Å². The van der Waals surface area contributed by atoms with E-state index in [0.29, 0.717) is 12.1 Å². The number of nitrogens with one attached hydrogen (secondary N) is 2. The molecule has 2 N–H and O–H groups in total. The summed E-state index contributed by atoms with van der Waals surface area (Å²) in [6.07, 6.45) is 6.32. The molecular formula is C18H38N4O. The molecule has 0 aromatic rings. The van der Waals surface area contributed by atoms with Crippen molar-refractivity contribution in [1.29, 1.82) is 0 Å². The van der Waals surface area contributed by atoms with E-state index in [1.807, 2.05) is 7.05 Å². The Bertz CT molecular complexity index is 333. The third-order valence-corrected chi connectivity index (χ3v) is 4.61. The van der Waals surface area contributed by atoms with E-state index in [2.05, 4.69) is 41.3 Å². The highest BCUT2D eigenvalue weighted by Crippen LogP contribution is 2.15. The summed E-state index contributed by atoms with van der Waals surface area (Å²) in [5.74, 6) is 1.72. The Hall–Kier alpha value is -0.810. The van der Waals surface area contributed by atoms with Crippen molar-refractivity contribution in [2.45, 2.75) is 65.0 Å². The Balaban J connectivity index is 2.27. The molecule has 1 rings (SSSR count). The van der Waals surface area contributed by atoms with Crippen LogP contribution in [0.4, 0.5) is 0 Å². The van der Waals surface area contributed by atoms with E-state index in [1.54, 1.807) is 7.11 Å². The molecule has 1 saturated heterocycles. The Morgan fingerprint density at radius 3 is 2.74 bits per heavy atom. The minimum Gasteiger partial charge on any atom is -0.383 e. The van der Waals surface area contributed by atoms with Gasteiger partial charge >= 0.3 is 0 Å². The number of likely N-dealkylation sites (tertiary alicyclic amines) is 1. The average Bonchev–Trinajstić information content (AvgIpc) is 2.96. The van der Waals surface area contributed by atoms with Gasteiger partial charge in [-0.1, -0.05) is 26.7 Å². The molecule has 0 saturated carbocycles. The van der Waals surface area contributed by atoms with Crippen LogP contribution in [0, 0.1) is 5.92 Å². The summed E-state index contributed by atoms with van der Waals surface area (Å²) in [7, 11) is 3.63. The van der Waals surface area contributed by atoms with Gasteiger partial charge in [-0.15, -0.1) is 0 Å². The second-order valence-electron chi connectivity index (χ2n) is 7.15. The lowest BCUT2D eigenvalue weighted by molar-refractivity contribution is 0.141. The molecular weight excluding hydrogens is 288 g/mol. The van der Waals surface area contributed by atoms with Crippen molar-refractivity contribution in [1.82, 2.24) is 15.5 Å². The number of hydrogen-bond acceptors (Lipinski definition) is 3. The molecule has 5 nitrogen and oxygen atoms in total. The maximum atomic E-state index is 5.21. The molecule has 0 aromatic heterocycles. The van der Waals surface area contributed by atoms with Gasteiger partial charge in [0.25, 0.3) is 0 Å². The molecule has 0 spiro atoms. The maximum Gasteiger partial charge on any atom is 0.191 e. The van der Waals surface area contributed by atoms with Crippen LogP contribution >= 0.6 is 0 Å². The zero-order valence-electron chi connectivity index (χ0n) is 15.9. The van der Waals surface area contributed by atoms with Crippen molar-refractivity contribution in [3.8, 4) is 0 Å². The number of aliphatic imine (C=N–C) groups is 1. The van der Waals surface area contributed by atoms with Crippen molar-refractivity contribution in [2.75, 3.05) is 40.4 Å². The third kappa shape index (κ3) is 8.56. The molecule has 0 bridgehead atoms. The molecule has 1 aliphatic heterocycles. The number of ether oxygens (including phenoxy) is 1. The monoisotopic (exact) mass is 326 g/mol. The second kappa shape index (κ2) is 11.7. The van der Waals surface area contributed by atoms with Crippen LogP contribution < -0.4 is 10.6 Å². The summed E-state index contributed by atoms with van der Waals surface area (Å²) in [6, 6.07) is 1.06. The zero-order chi connectivity index (χ0) is 17.1. The van der Waals surface area contributed by atoms with Crippen LogP contribution in [0.5, 0.6) is 0 Å². The van der Waals surface area contributed by atoms with Crippen molar-refractivity contribution in [2.24, 2.45) is 10.9 Å². The molecule has 0 aromatic carbocycles. The summed E-state index contributed by atoms with van der Waals surface area (Å²) >= 11 is 0. The summed E-state index contributed by atoms with van der Waals surface area (Å²) < 4.78 is 5.21. The summed E-state index contributed by atoms with van der Waals surface area (Å²) in [4.78, 5) is 6.89. The molecule has 0 aliphatic carbocycles. The molecule has 1 aliphatic rings. The molecule has 136 valence electrons. The predicted octanol–water partition coefficient (Wildman–Crippen LogP) is 2.48. The summed E-state index contributed by atoms with van der Waals surface area (Å²) in [6.45, 7) is 10.8. The molecule has 1 fully saturated rings. The minimum atomic E-state index is 0.466. The minimum absolute atomic E-state index is 0.466. The number of nitrogens with zero attached hydrogens (tertiary/aromatic N) is 2. The van der Waals surface area contributed by atoms with Crippen LogP contribution in [0.25, 0.3) is 0 Å². The van der Waals surface area contributed by atoms with Gasteiger partial charge < -0.3 is 15.4 Å². The average molecular weight is 327 g/mol. The van der Waals surface area contributed by atoms with Gasteiger partial charge in [0.05, 0.1) is 6.61 Å². The van der Waals surface area contributed by atoms with E-state index in [9.17, 15) is 0 Å². The Labute approximate surface area is 143 Å². The Morgan fingerprint density at radius 2 is 2.09 bits per heavy atom. The van der Waals surface area contributed by atoms with Gasteiger partial charge in [-0.05, 0) is 38.6 Å². The zero-order valence-corrected chi connectivity index (χ0v) is 15.9. The standard InChI is InChI=1S/C18H38N4O/c1-15(2)8-6-9-16(3)21-18(19-4)20-14-17-10-7-11-22(17)12-13-23-5/h15-17H,6-14H2,1-5H3,(H2,19,20,21). The molecule has 5 heteroatoms. The number of guanidine groups is 1. The fourth-order valence-electron chi connectivity index (χ4n) is 3.18. The van der Waals surface area contributed by atoms with Crippen LogP contribution in [0.1, 0.15) is 52.9 Å². The van der Waals surface area contributed by atoms with E-state index in [1.165, 1.54) is 38.6 Å². The first-order chi connectivity index (χ1) is 11.1. The lowest BCUT2D eigenvalue weighted by Gasteiger charge is -2.26. The van der Waals surface area contributed by atoms with Gasteiger partial charge in [0.2, 0.25) is 0 Å². The van der Waals surface area contributed by atoms with Crippen molar-refractivity contribution in [3.63, 3.8) is 0 Å². The van der Waals surface area contributed by atoms with Gasteiger partial charge in [0, 0.05) is 39.3 Å². The largest absolute Gasteiger partial charge is 0.383 e. The first kappa shape index (κ1) is 20.2. The smallest absolute Gasteiger partial charge is 0.191 e. The lowest BCUT2D eigenvalue weighted by atomic mass is 10.0. The van der Waals surface area contributed by atoms with Crippen molar-refractivity contribution >= 4 is 5.96 Å². The predicted molar refractivity (Wildman–Crippen MR) is 99.1 cm³/mol. The van der Waals surface area contributed by atoms with Crippen molar-refractivity contribution < 1.29 is 4.74 Å². The molecule has 2 unspecified atom stereocenters. The number of rotatable bonds is 10. The molecule has 0 amide bonds. The first-order valence-electron chi connectivity index (χ1n) is 9.27. The van der Waals surface area contributed by atoms with E-state index in [4.69, 9.17) is 4.74 Å². The Morgan fingerprint density at radius 1 is 1.30 bits per heavy atom. The second-order valence-corrected chi connectivity index (χ2v) is 7.15. The van der Waals surface area contributed by atoms with Gasteiger partial charge in [-0.3, -0.25) is 9.89 Å². The highest BCUT2D eigenvalue weighted by Gasteiger charge is 2.24. The normalized spacial score (nSPS) is 21.0. The summed E-state index contributed by atoms with van der Waals surface area (Å²) in [5, 5.41) is 7.02. The SMILES string of the molecule is CN=C(NCC1CCCN1CCOC)NC(C)CCCC(C)C. The maximum absolute atomic E-state index is 5.21. The third-order valence-electron chi connectivity index (χ3n) is 4.61. The van der Waals surface area contributed by atoms with E-state index in [0.717, 1.165) is 31.6 Å². The summed E-state index contributed by atoms with van der Waals surface area (Å²) in [5.41, 5.74) is 0. The van der Waals surface area contributed by atoms with Gasteiger partial charge in [-0.2, -0.15) is 0 Å². The number of methoxy groups -OCH3 is 1. The highest BCUT2D eigenvalue weighted by molar-refractivity contribution is 5.79. The molecule has 2 atom stereocenters. The van der Waals surface area contributed by atoms with Crippen LogP contribution in [0.2, 0.25) is 0 Å². The van der Waals surface area contributed by atoms with Gasteiger partial charge in [-0.25, -0.2) is 0 Å². The molecule has 1 heterocycles. The first-order valence-corrected chi connectivity index (χ1v) is 9.27. The van der Waals surface area contributed by atoms with E-state index in [-0.39, 0.29) is 0 Å². The Kier molecular flexibility index (Phi) is 10.3. The fourth-order valence-corrected chi connectivity index (χ4v) is 3.18. The van der Waals surface area contributed by atoms with E-state index < -0.39 is 0 Å². The highest BCUT2D eigenvalue weighted by atomic mass is 16.5. The topological polar surface area (TPSA) is 48.9 Å². The molecule has 23 heavy (non-hydrogen) atoms. The lowest BCUT2D eigenvalue weighted by Crippen LogP contribution is -2.47. The van der Waals surface area contributed by atoms with Gasteiger partial charge in [0.15, 0.2) is 5.96 Å². The molecule has 0 radical (unpaired) electrons. The van der Waals surface area contributed by atoms with Gasteiger partial charge in [0.1, 0.15) is 0 Å². The quantitative estimate of drug-likeness (QED) is 0.478. The fraction of sp³-hybridized carbons (Fsp3) is 0.944. The van der Waals surface area contributed by atoms with Crippen LogP contribution in [-0.2, 0) is 4.74 Å². The van der Waals surface area contributed by atoms with Crippen LogP contribution in [0.15, 0.2) is 4.99 Å².